The Kier molecular flexibility index (Phi) is 5.81. The third-order valence-electron chi connectivity index (χ3n) is 3.72. The van der Waals surface area contributed by atoms with Gasteiger partial charge in [0.15, 0.2) is 0 Å². The second-order valence-electron chi connectivity index (χ2n) is 5.06. The van der Waals surface area contributed by atoms with E-state index in [2.05, 4.69) is 13.8 Å². The van der Waals surface area contributed by atoms with Crippen molar-refractivity contribution in [3.63, 3.8) is 0 Å². The van der Waals surface area contributed by atoms with Gasteiger partial charge in [-0.3, -0.25) is 0 Å². The number of hydrogen-bond acceptors (Lipinski definition) is 3. The van der Waals surface area contributed by atoms with E-state index in [0.717, 1.165) is 17.5 Å². The third kappa shape index (κ3) is 4.41. The van der Waals surface area contributed by atoms with Crippen molar-refractivity contribution in [3.05, 3.63) is 59.7 Å². The molecule has 0 aliphatic carbocycles. The number of phenols is 2. The van der Waals surface area contributed by atoms with Crippen molar-refractivity contribution in [2.75, 3.05) is 0 Å². The lowest BCUT2D eigenvalue weighted by Gasteiger charge is -2.29. The molecule has 4 N–H and O–H groups in total. The highest BCUT2D eigenvalue weighted by atomic mass is 16.6. The zero-order valence-corrected chi connectivity index (χ0v) is 12.5. The van der Waals surface area contributed by atoms with E-state index >= 15 is 0 Å². The van der Waals surface area contributed by atoms with Crippen LogP contribution in [0.15, 0.2) is 48.5 Å². The lowest BCUT2D eigenvalue weighted by atomic mass is 9.74. The van der Waals surface area contributed by atoms with Crippen LogP contribution in [0.4, 0.5) is 4.79 Å². The van der Waals surface area contributed by atoms with E-state index in [1.807, 2.05) is 24.3 Å². The van der Waals surface area contributed by atoms with Crippen LogP contribution in [-0.4, -0.2) is 26.6 Å². The van der Waals surface area contributed by atoms with Crippen LogP contribution < -0.4 is 0 Å². The maximum atomic E-state index is 9.37. The number of carboxylic acid groups (broad SMARTS) is 2. The molecule has 0 spiro atoms. The quantitative estimate of drug-likeness (QED) is 0.686. The lowest BCUT2D eigenvalue weighted by Crippen LogP contribution is -2.22. The number of benzene rings is 2. The van der Waals surface area contributed by atoms with Crippen LogP contribution in [0.1, 0.15) is 31.4 Å². The minimum atomic E-state index is -1.83. The fraction of sp³-hybridized carbons (Fsp3) is 0.235. The number of hydrogen-bond donors (Lipinski definition) is 4. The van der Waals surface area contributed by atoms with Crippen molar-refractivity contribution in [2.45, 2.75) is 25.7 Å². The molecule has 0 saturated carbocycles. The maximum absolute atomic E-state index is 9.37. The first-order valence-corrected chi connectivity index (χ1v) is 6.80. The first kappa shape index (κ1) is 17.4. The molecule has 0 atom stereocenters. The Morgan fingerprint density at radius 3 is 1.36 bits per heavy atom. The summed E-state index contributed by atoms with van der Waals surface area (Å²) in [6, 6.07) is 14.6. The van der Waals surface area contributed by atoms with Crippen molar-refractivity contribution >= 4 is 6.16 Å². The number of phenolic OH excluding ortho intramolecular Hbond substituents is 2. The molecule has 0 aromatic heterocycles. The van der Waals surface area contributed by atoms with Gasteiger partial charge in [-0.05, 0) is 41.8 Å². The second-order valence-corrected chi connectivity index (χ2v) is 5.06. The maximum Gasteiger partial charge on any atom is 0.503 e. The molecule has 0 bridgehead atoms. The van der Waals surface area contributed by atoms with Gasteiger partial charge in [0.2, 0.25) is 0 Å². The van der Waals surface area contributed by atoms with Crippen LogP contribution in [0.2, 0.25) is 0 Å². The van der Waals surface area contributed by atoms with Crippen LogP contribution in [-0.2, 0) is 5.41 Å². The molecule has 2 rings (SSSR count). The van der Waals surface area contributed by atoms with E-state index in [1.54, 1.807) is 24.3 Å². The molecule has 0 amide bonds. The average molecular weight is 304 g/mol. The summed E-state index contributed by atoms with van der Waals surface area (Å²) in [6.45, 7) is 4.31. The van der Waals surface area contributed by atoms with Gasteiger partial charge in [-0.2, -0.15) is 0 Å². The second kappa shape index (κ2) is 7.36. The fourth-order valence-electron chi connectivity index (χ4n) is 2.23. The number of carbonyl (C=O) groups is 1. The Morgan fingerprint density at radius 1 is 0.864 bits per heavy atom. The molecule has 0 radical (unpaired) electrons. The zero-order chi connectivity index (χ0) is 16.8. The Hall–Kier alpha value is -2.69. The van der Waals surface area contributed by atoms with Crippen LogP contribution in [0, 0.1) is 0 Å². The Bertz CT molecular complexity index is 552. The highest BCUT2D eigenvalue weighted by molar-refractivity contribution is 5.53. The minimum Gasteiger partial charge on any atom is -0.508 e. The predicted molar refractivity (Wildman–Crippen MR) is 83.6 cm³/mol. The summed E-state index contributed by atoms with van der Waals surface area (Å²) < 4.78 is 0. The Labute approximate surface area is 129 Å². The first-order chi connectivity index (χ1) is 10.3. The summed E-state index contributed by atoms with van der Waals surface area (Å²) in [5.74, 6) is 0.561. The summed E-state index contributed by atoms with van der Waals surface area (Å²) in [5.41, 5.74) is 2.21. The van der Waals surface area contributed by atoms with Crippen LogP contribution in [0.3, 0.4) is 0 Å². The number of aromatic hydroxyl groups is 2. The van der Waals surface area contributed by atoms with E-state index in [0.29, 0.717) is 0 Å². The topological polar surface area (TPSA) is 98.0 Å². The highest BCUT2D eigenvalue weighted by Crippen LogP contribution is 2.36. The molecule has 0 heterocycles. The monoisotopic (exact) mass is 304 g/mol. The molecule has 5 heteroatoms. The Balaban J connectivity index is 0.000000541. The molecular weight excluding hydrogens is 284 g/mol. The summed E-state index contributed by atoms with van der Waals surface area (Å²) in [6.07, 6.45) is -0.886. The van der Waals surface area contributed by atoms with E-state index in [9.17, 15) is 10.2 Å². The summed E-state index contributed by atoms with van der Waals surface area (Å²) in [7, 11) is 0. The molecule has 2 aromatic rings. The van der Waals surface area contributed by atoms with Crippen molar-refractivity contribution in [1.29, 1.82) is 0 Å². The van der Waals surface area contributed by atoms with Gasteiger partial charge in [-0.15, -0.1) is 0 Å². The predicted octanol–water partition coefficient (Wildman–Crippen LogP) is 4.04. The molecular formula is C17H20O5. The van der Waals surface area contributed by atoms with Crippen molar-refractivity contribution < 1.29 is 25.2 Å². The molecule has 0 unspecified atom stereocenters. The minimum absolute atomic E-state index is 0.110. The van der Waals surface area contributed by atoms with Gasteiger partial charge in [0.05, 0.1) is 0 Å². The smallest absolute Gasteiger partial charge is 0.503 e. The largest absolute Gasteiger partial charge is 0.508 e. The average Bonchev–Trinajstić information content (AvgIpc) is 2.47. The van der Waals surface area contributed by atoms with E-state index in [4.69, 9.17) is 15.0 Å². The van der Waals surface area contributed by atoms with Gasteiger partial charge in [0, 0.05) is 5.41 Å². The fourth-order valence-corrected chi connectivity index (χ4v) is 2.23. The van der Waals surface area contributed by atoms with Gasteiger partial charge >= 0.3 is 6.16 Å². The molecule has 2 aromatic carbocycles. The van der Waals surface area contributed by atoms with Crippen molar-refractivity contribution in [2.24, 2.45) is 0 Å². The molecule has 5 nitrogen and oxygen atoms in total. The Morgan fingerprint density at radius 2 is 1.14 bits per heavy atom. The normalized spacial score (nSPS) is 10.5. The van der Waals surface area contributed by atoms with Crippen molar-refractivity contribution in [3.8, 4) is 11.5 Å². The number of rotatable bonds is 3. The first-order valence-electron chi connectivity index (χ1n) is 6.80. The van der Waals surface area contributed by atoms with Gasteiger partial charge in [0.1, 0.15) is 11.5 Å². The molecule has 0 fully saturated rings. The molecule has 22 heavy (non-hydrogen) atoms. The van der Waals surface area contributed by atoms with Crippen LogP contribution in [0.25, 0.3) is 0 Å². The van der Waals surface area contributed by atoms with Gasteiger partial charge in [-0.25, -0.2) is 4.79 Å². The summed E-state index contributed by atoms with van der Waals surface area (Å²) >= 11 is 0. The zero-order valence-electron chi connectivity index (χ0n) is 12.5. The van der Waals surface area contributed by atoms with Gasteiger partial charge < -0.3 is 20.4 Å². The molecule has 118 valence electrons. The highest BCUT2D eigenvalue weighted by Gasteiger charge is 2.26. The van der Waals surface area contributed by atoms with Crippen LogP contribution >= 0.6 is 0 Å². The summed E-state index contributed by atoms with van der Waals surface area (Å²) in [5, 5.41) is 32.7. The van der Waals surface area contributed by atoms with E-state index in [1.165, 1.54) is 0 Å². The van der Waals surface area contributed by atoms with Crippen molar-refractivity contribution in [1.82, 2.24) is 0 Å². The van der Waals surface area contributed by atoms with E-state index < -0.39 is 6.16 Å². The van der Waals surface area contributed by atoms with Gasteiger partial charge in [0.25, 0.3) is 0 Å². The van der Waals surface area contributed by atoms with E-state index in [-0.39, 0.29) is 16.9 Å². The molecule has 0 saturated heterocycles. The molecule has 0 aliphatic rings. The summed E-state index contributed by atoms with van der Waals surface area (Å²) in [4.78, 5) is 8.56. The standard InChI is InChI=1S/C16H18O2.CH2O3/c1-3-16(2,12-4-8-14(17)9-5-12)13-6-10-15(18)11-7-13;2-1(3)4/h4-11,17-18H,3H2,1-2H3;(H2,2,3,4). The third-order valence-corrected chi connectivity index (χ3v) is 3.72. The SMILES string of the molecule is CCC(C)(c1ccc(O)cc1)c1ccc(O)cc1.O=C(O)O. The van der Waals surface area contributed by atoms with Gasteiger partial charge in [-0.1, -0.05) is 38.1 Å². The molecule has 0 aliphatic heterocycles. The lowest BCUT2D eigenvalue weighted by molar-refractivity contribution is 0.137. The van der Waals surface area contributed by atoms with Crippen LogP contribution in [0.5, 0.6) is 11.5 Å².